The van der Waals surface area contributed by atoms with Crippen LogP contribution in [-0.2, 0) is 35.9 Å². The monoisotopic (exact) mass is 514 g/mol. The van der Waals surface area contributed by atoms with Gasteiger partial charge in [-0.25, -0.2) is 9.59 Å². The van der Waals surface area contributed by atoms with Gasteiger partial charge in [0, 0.05) is 37.9 Å². The topological polar surface area (TPSA) is 156 Å². The van der Waals surface area contributed by atoms with Gasteiger partial charge in [0.2, 0.25) is 5.75 Å². The van der Waals surface area contributed by atoms with Crippen LogP contribution in [0, 0.1) is 10.1 Å². The van der Waals surface area contributed by atoms with Crippen LogP contribution in [0.5, 0.6) is 11.5 Å². The van der Waals surface area contributed by atoms with Crippen LogP contribution >= 0.6 is 0 Å². The molecule has 0 bridgehead atoms. The molecule has 12 nitrogen and oxygen atoms in total. The summed E-state index contributed by atoms with van der Waals surface area (Å²) in [5, 5.41) is 26.9. The van der Waals surface area contributed by atoms with Gasteiger partial charge in [0.1, 0.15) is 5.75 Å². The van der Waals surface area contributed by atoms with Gasteiger partial charge >= 0.3 is 23.4 Å². The lowest BCUT2D eigenvalue weighted by molar-refractivity contribution is -0.387. The van der Waals surface area contributed by atoms with E-state index in [0.29, 0.717) is 6.42 Å². The minimum atomic E-state index is -2.66. The quantitative estimate of drug-likeness (QED) is 0.230. The zero-order chi connectivity index (χ0) is 26.8. The summed E-state index contributed by atoms with van der Waals surface area (Å²) in [7, 11) is 1.35. The molecule has 2 aliphatic heterocycles. The molecule has 0 fully saturated rings. The molecule has 2 N–H and O–H groups in total. The number of benzene rings is 2. The van der Waals surface area contributed by atoms with Crippen LogP contribution in [0.25, 0.3) is 0 Å². The molecule has 4 rings (SSSR count). The van der Waals surface area contributed by atoms with Crippen molar-refractivity contribution < 1.29 is 43.3 Å². The summed E-state index contributed by atoms with van der Waals surface area (Å²) in [5.74, 6) is -4.88. The van der Waals surface area contributed by atoms with Crippen molar-refractivity contribution in [3.63, 3.8) is 0 Å². The number of carbonyl (C=O) groups is 2. The van der Waals surface area contributed by atoms with Crippen molar-refractivity contribution in [2.45, 2.75) is 37.4 Å². The Balaban J connectivity index is 1.92. The summed E-state index contributed by atoms with van der Waals surface area (Å²) >= 11 is 0. The van der Waals surface area contributed by atoms with E-state index in [1.807, 2.05) is 30.3 Å². The first kappa shape index (κ1) is 26.1. The molecule has 0 aromatic heterocycles. The average Bonchev–Trinajstić information content (AvgIpc) is 2.84. The molecule has 2 heterocycles. The van der Waals surface area contributed by atoms with Crippen molar-refractivity contribution in [2.24, 2.45) is 0 Å². The molecule has 12 heteroatoms. The van der Waals surface area contributed by atoms with E-state index in [0.717, 1.165) is 23.8 Å². The summed E-state index contributed by atoms with van der Waals surface area (Å²) < 4.78 is 27.4. The van der Waals surface area contributed by atoms with Gasteiger partial charge in [0.25, 0.3) is 5.72 Å². The molecular weight excluding hydrogens is 488 g/mol. The van der Waals surface area contributed by atoms with Crippen molar-refractivity contribution in [1.82, 2.24) is 5.32 Å². The SMILES string of the molecule is COCOc1cc2c(cc1[N+](=O)[O-])C1(NCCc3ccccc3)OC(=O)/C=C\C(=O)OC1(O)C(C)(C)O2. The Kier molecular flexibility index (Phi) is 6.91. The number of fused-ring (bicyclic) bond motifs is 3. The highest BCUT2D eigenvalue weighted by atomic mass is 16.7. The lowest BCUT2D eigenvalue weighted by Crippen LogP contribution is -2.76. The van der Waals surface area contributed by atoms with Gasteiger partial charge in [-0.05, 0) is 25.8 Å². The zero-order valence-corrected chi connectivity index (χ0v) is 20.4. The molecule has 2 aliphatic rings. The Morgan fingerprint density at radius 2 is 1.73 bits per heavy atom. The summed E-state index contributed by atoms with van der Waals surface area (Å²) in [6, 6.07) is 11.6. The van der Waals surface area contributed by atoms with Gasteiger partial charge in [-0.2, -0.15) is 0 Å². The smallest absolute Gasteiger partial charge is 0.333 e. The fourth-order valence-corrected chi connectivity index (χ4v) is 4.34. The summed E-state index contributed by atoms with van der Waals surface area (Å²) in [6.07, 6.45) is 2.06. The predicted octanol–water partition coefficient (Wildman–Crippen LogP) is 2.08. The van der Waals surface area contributed by atoms with Gasteiger partial charge in [-0.1, -0.05) is 30.3 Å². The van der Waals surface area contributed by atoms with Crippen LogP contribution in [0.1, 0.15) is 25.0 Å². The van der Waals surface area contributed by atoms with E-state index in [1.54, 1.807) is 0 Å². The first-order chi connectivity index (χ1) is 17.5. The number of hydrogen-bond donors (Lipinski definition) is 2. The number of aliphatic hydroxyl groups is 1. The van der Waals surface area contributed by atoms with Gasteiger partial charge < -0.3 is 28.8 Å². The molecule has 0 saturated carbocycles. The number of carbonyl (C=O) groups excluding carboxylic acids is 2. The van der Waals surface area contributed by atoms with E-state index < -0.39 is 39.7 Å². The maximum atomic E-state index is 12.8. The van der Waals surface area contributed by atoms with Crippen molar-refractivity contribution in [3.05, 3.63) is 75.9 Å². The Morgan fingerprint density at radius 1 is 1.05 bits per heavy atom. The van der Waals surface area contributed by atoms with E-state index in [1.165, 1.54) is 27.0 Å². The number of nitro groups is 1. The normalized spacial score (nSPS) is 24.8. The van der Waals surface area contributed by atoms with E-state index in [2.05, 4.69) is 5.32 Å². The second-order valence-electron chi connectivity index (χ2n) is 8.90. The molecule has 0 spiro atoms. The van der Waals surface area contributed by atoms with Crippen LogP contribution in [0.4, 0.5) is 5.69 Å². The number of nitrogens with one attached hydrogen (secondary N) is 1. The minimum absolute atomic E-state index is 0.00742. The van der Waals surface area contributed by atoms with Gasteiger partial charge in [-0.15, -0.1) is 0 Å². The molecule has 2 aromatic carbocycles. The zero-order valence-electron chi connectivity index (χ0n) is 20.4. The third kappa shape index (κ3) is 4.61. The number of nitro benzene ring substituents is 1. The van der Waals surface area contributed by atoms with Gasteiger partial charge in [0.15, 0.2) is 12.4 Å². The molecule has 0 saturated heterocycles. The van der Waals surface area contributed by atoms with Crippen molar-refractivity contribution in [3.8, 4) is 11.5 Å². The van der Waals surface area contributed by atoms with Gasteiger partial charge in [-0.3, -0.25) is 15.4 Å². The molecule has 196 valence electrons. The fraction of sp³-hybridized carbons (Fsp3) is 0.360. The second-order valence-corrected chi connectivity index (χ2v) is 8.90. The number of hydrogen-bond acceptors (Lipinski definition) is 11. The average molecular weight is 514 g/mol. The maximum absolute atomic E-state index is 12.8. The Bertz CT molecular complexity index is 1250. The standard InChI is InChI=1S/C25H26N2O10/c1-23(2)25(30)24(36-21(28)9-10-22(29)37-25,26-12-11-16-7-5-4-6-8-16)17-13-18(27(31)32)20(34-15-33-3)14-19(17)35-23/h4-10,13-14,26,30H,11-12,15H2,1-3H3/b10-9-. The first-order valence-corrected chi connectivity index (χ1v) is 11.3. The van der Waals surface area contributed by atoms with E-state index in [9.17, 15) is 24.8 Å². The van der Waals surface area contributed by atoms with Crippen LogP contribution < -0.4 is 14.8 Å². The van der Waals surface area contributed by atoms with Crippen LogP contribution in [0.15, 0.2) is 54.6 Å². The summed E-state index contributed by atoms with van der Waals surface area (Å²) in [4.78, 5) is 36.5. The highest BCUT2D eigenvalue weighted by molar-refractivity contribution is 5.93. The molecule has 37 heavy (non-hydrogen) atoms. The number of esters is 2. The maximum Gasteiger partial charge on any atom is 0.333 e. The lowest BCUT2D eigenvalue weighted by Gasteiger charge is -2.55. The van der Waals surface area contributed by atoms with Crippen LogP contribution in [0.2, 0.25) is 0 Å². The lowest BCUT2D eigenvalue weighted by atomic mass is 9.78. The van der Waals surface area contributed by atoms with Crippen LogP contribution in [-0.4, -0.2) is 53.8 Å². The minimum Gasteiger partial charge on any atom is -0.480 e. The molecule has 2 aromatic rings. The fourth-order valence-electron chi connectivity index (χ4n) is 4.34. The van der Waals surface area contributed by atoms with Crippen molar-refractivity contribution >= 4 is 17.6 Å². The molecule has 2 unspecified atom stereocenters. The largest absolute Gasteiger partial charge is 0.480 e. The van der Waals surface area contributed by atoms with E-state index in [4.69, 9.17) is 23.7 Å². The summed E-state index contributed by atoms with van der Waals surface area (Å²) in [6.45, 7) is 2.66. The van der Waals surface area contributed by atoms with Crippen molar-refractivity contribution in [2.75, 3.05) is 20.4 Å². The molecule has 0 radical (unpaired) electrons. The first-order valence-electron chi connectivity index (χ1n) is 11.3. The number of methoxy groups -OCH3 is 1. The van der Waals surface area contributed by atoms with E-state index >= 15 is 0 Å². The van der Waals surface area contributed by atoms with E-state index in [-0.39, 0.29) is 30.4 Å². The molecular formula is C25H26N2O10. The number of nitrogens with zero attached hydrogens (tertiary/aromatic N) is 1. The van der Waals surface area contributed by atoms with Gasteiger partial charge in [0.05, 0.1) is 10.5 Å². The molecule has 2 atom stereocenters. The molecule has 0 amide bonds. The highest BCUT2D eigenvalue weighted by Gasteiger charge is 2.71. The van der Waals surface area contributed by atoms with Crippen LogP contribution in [0.3, 0.4) is 0 Å². The third-order valence-electron chi connectivity index (χ3n) is 6.12. The van der Waals surface area contributed by atoms with Crippen molar-refractivity contribution in [1.29, 1.82) is 0 Å². The Labute approximate surface area is 211 Å². The number of rotatable bonds is 8. The molecule has 0 aliphatic carbocycles. The number of ether oxygens (including phenoxy) is 5. The highest BCUT2D eigenvalue weighted by Crippen LogP contribution is 2.54. The summed E-state index contributed by atoms with van der Waals surface area (Å²) in [5.41, 5.74) is -3.78. The Hall–Kier alpha value is -4.00. The Morgan fingerprint density at radius 3 is 2.38 bits per heavy atom. The second kappa shape index (κ2) is 9.81. The predicted molar refractivity (Wildman–Crippen MR) is 126 cm³/mol. The third-order valence-corrected chi connectivity index (χ3v) is 6.12.